The summed E-state index contributed by atoms with van der Waals surface area (Å²) in [5, 5.41) is 0. The number of halogens is 1. The van der Waals surface area contributed by atoms with Gasteiger partial charge in [-0.1, -0.05) is 31.5 Å². The number of nitrogens with two attached hydrogens (primary N) is 1. The molecular weight excluding hydrogens is 214 g/mol. The first-order chi connectivity index (χ1) is 6.74. The zero-order chi connectivity index (χ0) is 10.4. The molecule has 0 fully saturated rings. The average Bonchev–Trinajstić information content (AvgIpc) is 2.18. The van der Waals surface area contributed by atoms with Crippen LogP contribution in [-0.2, 0) is 4.79 Å². The lowest BCUT2D eigenvalue weighted by atomic mass is 10.2. The Morgan fingerprint density at radius 2 is 2.00 bits per heavy atom. The van der Waals surface area contributed by atoms with Crippen molar-refractivity contribution in [2.45, 2.75) is 25.9 Å². The zero-order valence-electron chi connectivity index (χ0n) is 8.68. The van der Waals surface area contributed by atoms with Gasteiger partial charge >= 0.3 is 0 Å². The highest BCUT2D eigenvalue weighted by atomic mass is 35.5. The number of hydrogen-bond donors (Lipinski definition) is 1. The van der Waals surface area contributed by atoms with E-state index in [1.54, 1.807) is 0 Å². The molecule has 0 bridgehead atoms. The fraction of sp³-hybridized carbons (Fsp3) is 0.364. The van der Waals surface area contributed by atoms with Crippen LogP contribution in [0.4, 0.5) is 0 Å². The molecule has 2 N–H and O–H groups in total. The Balaban J connectivity index is 0.00000196. The van der Waals surface area contributed by atoms with Crippen LogP contribution < -0.4 is 10.5 Å². The van der Waals surface area contributed by atoms with Gasteiger partial charge < -0.3 is 10.5 Å². The molecule has 0 radical (unpaired) electrons. The van der Waals surface area contributed by atoms with Crippen LogP contribution in [0.5, 0.6) is 5.75 Å². The maximum atomic E-state index is 11.0. The molecule has 0 aromatic heterocycles. The van der Waals surface area contributed by atoms with Gasteiger partial charge in [0.05, 0.1) is 0 Å². The van der Waals surface area contributed by atoms with Crippen LogP contribution in [0.15, 0.2) is 30.3 Å². The van der Waals surface area contributed by atoms with E-state index in [1.807, 2.05) is 37.3 Å². The summed E-state index contributed by atoms with van der Waals surface area (Å²) >= 11 is 0. The Morgan fingerprint density at radius 3 is 2.47 bits per heavy atom. The van der Waals surface area contributed by atoms with E-state index >= 15 is 0 Å². The highest BCUT2D eigenvalue weighted by molar-refractivity contribution is 5.85. The predicted octanol–water partition coefficient (Wildman–Crippen LogP) is 2.14. The van der Waals surface area contributed by atoms with Gasteiger partial charge in [0, 0.05) is 0 Å². The van der Waals surface area contributed by atoms with E-state index in [2.05, 4.69) is 0 Å². The van der Waals surface area contributed by atoms with Gasteiger partial charge in [-0.25, -0.2) is 0 Å². The molecule has 0 saturated carbocycles. The first-order valence-corrected chi connectivity index (χ1v) is 4.75. The summed E-state index contributed by atoms with van der Waals surface area (Å²) in [6, 6.07) is 9.24. The molecule has 0 spiro atoms. The summed E-state index contributed by atoms with van der Waals surface area (Å²) in [5.74, 6) is 0.278. The fourth-order valence-corrected chi connectivity index (χ4v) is 1.18. The van der Waals surface area contributed by atoms with E-state index in [9.17, 15) is 4.79 Å². The topological polar surface area (TPSA) is 52.3 Å². The monoisotopic (exact) mass is 229 g/mol. The lowest BCUT2D eigenvalue weighted by molar-refractivity contribution is -0.125. The van der Waals surface area contributed by atoms with Crippen LogP contribution in [0.1, 0.15) is 19.8 Å². The van der Waals surface area contributed by atoms with E-state index in [0.717, 1.165) is 6.42 Å². The lowest BCUT2D eigenvalue weighted by Gasteiger charge is -2.14. The van der Waals surface area contributed by atoms with Crippen molar-refractivity contribution in [3.8, 4) is 5.75 Å². The van der Waals surface area contributed by atoms with Crippen molar-refractivity contribution in [2.24, 2.45) is 5.73 Å². The Morgan fingerprint density at radius 1 is 1.40 bits per heavy atom. The summed E-state index contributed by atoms with van der Waals surface area (Å²) < 4.78 is 5.44. The molecular formula is C11H16ClNO2. The highest BCUT2D eigenvalue weighted by Gasteiger charge is 2.15. The first-order valence-electron chi connectivity index (χ1n) is 4.75. The molecule has 0 saturated heterocycles. The van der Waals surface area contributed by atoms with Crippen LogP contribution in [0.25, 0.3) is 0 Å². The molecule has 1 aromatic rings. The Labute approximate surface area is 96.0 Å². The largest absolute Gasteiger partial charge is 0.481 e. The number of rotatable bonds is 5. The quantitative estimate of drug-likeness (QED) is 0.841. The minimum absolute atomic E-state index is 0. The molecule has 0 aliphatic rings. The maximum absolute atomic E-state index is 11.0. The van der Waals surface area contributed by atoms with Gasteiger partial charge in [-0.2, -0.15) is 0 Å². The molecule has 15 heavy (non-hydrogen) atoms. The van der Waals surface area contributed by atoms with Crippen LogP contribution in [0, 0.1) is 0 Å². The third kappa shape index (κ3) is 4.70. The normalized spacial score (nSPS) is 11.3. The van der Waals surface area contributed by atoms with Gasteiger partial charge in [-0.15, -0.1) is 12.4 Å². The molecule has 1 amide bonds. The number of hydrogen-bond acceptors (Lipinski definition) is 2. The first kappa shape index (κ1) is 13.8. The van der Waals surface area contributed by atoms with Crippen molar-refractivity contribution in [1.29, 1.82) is 0 Å². The van der Waals surface area contributed by atoms with Gasteiger partial charge in [-0.3, -0.25) is 4.79 Å². The van der Waals surface area contributed by atoms with Crippen molar-refractivity contribution in [1.82, 2.24) is 0 Å². The highest BCUT2D eigenvalue weighted by Crippen LogP contribution is 2.13. The van der Waals surface area contributed by atoms with Crippen LogP contribution in [-0.4, -0.2) is 12.0 Å². The van der Waals surface area contributed by atoms with E-state index in [0.29, 0.717) is 12.2 Å². The van der Waals surface area contributed by atoms with E-state index in [1.165, 1.54) is 0 Å². The fourth-order valence-electron chi connectivity index (χ4n) is 1.18. The molecule has 1 atom stereocenters. The summed E-state index contributed by atoms with van der Waals surface area (Å²) in [6.07, 6.45) is 1.02. The number of para-hydroxylation sites is 1. The summed E-state index contributed by atoms with van der Waals surface area (Å²) in [6.45, 7) is 1.99. The molecule has 3 nitrogen and oxygen atoms in total. The third-order valence-electron chi connectivity index (χ3n) is 1.89. The minimum Gasteiger partial charge on any atom is -0.481 e. The standard InChI is InChI=1S/C11H15NO2.ClH/c1-2-6-10(11(12)13)14-9-7-4-3-5-8-9;/h3-5,7-8,10H,2,6H2,1H3,(H2,12,13);1H. The number of benzene rings is 1. The molecule has 0 heterocycles. The summed E-state index contributed by atoms with van der Waals surface area (Å²) in [4.78, 5) is 11.0. The van der Waals surface area contributed by atoms with Crippen molar-refractivity contribution >= 4 is 18.3 Å². The number of carbonyl (C=O) groups is 1. The zero-order valence-corrected chi connectivity index (χ0v) is 9.50. The van der Waals surface area contributed by atoms with Crippen LogP contribution >= 0.6 is 12.4 Å². The Hall–Kier alpha value is -1.22. The molecule has 84 valence electrons. The van der Waals surface area contributed by atoms with Crippen LogP contribution in [0.2, 0.25) is 0 Å². The summed E-state index contributed by atoms with van der Waals surface area (Å²) in [7, 11) is 0. The Kier molecular flexibility index (Phi) is 6.54. The molecule has 1 rings (SSSR count). The molecule has 1 unspecified atom stereocenters. The van der Waals surface area contributed by atoms with Crippen molar-refractivity contribution in [2.75, 3.05) is 0 Å². The second-order valence-electron chi connectivity index (χ2n) is 3.11. The van der Waals surface area contributed by atoms with Crippen LogP contribution in [0.3, 0.4) is 0 Å². The molecule has 0 aliphatic carbocycles. The second kappa shape index (κ2) is 7.12. The molecule has 1 aromatic carbocycles. The van der Waals surface area contributed by atoms with E-state index in [4.69, 9.17) is 10.5 Å². The van der Waals surface area contributed by atoms with Crippen molar-refractivity contribution in [3.63, 3.8) is 0 Å². The minimum atomic E-state index is -0.512. The van der Waals surface area contributed by atoms with E-state index < -0.39 is 12.0 Å². The predicted molar refractivity (Wildman–Crippen MR) is 62.2 cm³/mol. The van der Waals surface area contributed by atoms with Gasteiger partial charge in [0.15, 0.2) is 6.10 Å². The lowest BCUT2D eigenvalue weighted by Crippen LogP contribution is -2.33. The van der Waals surface area contributed by atoms with Gasteiger partial charge in [0.25, 0.3) is 5.91 Å². The van der Waals surface area contributed by atoms with Crippen molar-refractivity contribution in [3.05, 3.63) is 30.3 Å². The second-order valence-corrected chi connectivity index (χ2v) is 3.11. The smallest absolute Gasteiger partial charge is 0.258 e. The van der Waals surface area contributed by atoms with Gasteiger partial charge in [0.1, 0.15) is 5.75 Å². The number of primary amides is 1. The number of amides is 1. The summed E-state index contributed by atoms with van der Waals surface area (Å²) in [5.41, 5.74) is 5.21. The van der Waals surface area contributed by atoms with E-state index in [-0.39, 0.29) is 12.4 Å². The number of ether oxygens (including phenoxy) is 1. The molecule has 4 heteroatoms. The Bertz CT molecular complexity index is 290. The SMILES string of the molecule is CCCC(Oc1ccccc1)C(N)=O.Cl. The third-order valence-corrected chi connectivity index (χ3v) is 1.89. The van der Waals surface area contributed by atoms with Crippen molar-refractivity contribution < 1.29 is 9.53 Å². The molecule has 0 aliphatic heterocycles. The average molecular weight is 230 g/mol. The number of carbonyl (C=O) groups excluding carboxylic acids is 1. The van der Waals surface area contributed by atoms with Gasteiger partial charge in [0.2, 0.25) is 0 Å². The maximum Gasteiger partial charge on any atom is 0.258 e. The van der Waals surface area contributed by atoms with Gasteiger partial charge in [-0.05, 0) is 18.6 Å².